The number of hydrogen-bond acceptors (Lipinski definition) is 5. The number of aromatic nitrogens is 5. The minimum Gasteiger partial charge on any atom is -0.507 e. The summed E-state index contributed by atoms with van der Waals surface area (Å²) in [5, 5.41) is 12.3. The molecule has 6 heteroatoms. The lowest BCUT2D eigenvalue weighted by atomic mass is 9.79. The summed E-state index contributed by atoms with van der Waals surface area (Å²) in [5.41, 5.74) is 12.1. The van der Waals surface area contributed by atoms with Gasteiger partial charge in [-0.15, -0.1) is 0 Å². The zero-order valence-electron chi connectivity index (χ0n) is 31.5. The van der Waals surface area contributed by atoms with E-state index in [1.54, 1.807) is 0 Å². The standard InChI is InChI=1S/C48H43N5O/c1-47(2,3)36-27-39(44(54)40(28-36)48(4,5)6)46-52-43-38(21-15-23-42(43)53(46)41-22-14-13-20-37(41)32-18-11-8-12-19-32)34-24-33(31-16-9-7-10-17-31)25-35(26-34)45-50-29-49-30-51-45/h7-30,54H,1-6H3. The van der Waals surface area contributed by atoms with Crippen molar-refractivity contribution in [2.75, 3.05) is 0 Å². The van der Waals surface area contributed by atoms with Crippen molar-refractivity contribution in [3.05, 3.63) is 157 Å². The molecule has 6 nitrogen and oxygen atoms in total. The largest absolute Gasteiger partial charge is 0.507 e. The first-order valence-corrected chi connectivity index (χ1v) is 18.4. The third kappa shape index (κ3) is 6.45. The monoisotopic (exact) mass is 705 g/mol. The molecule has 0 aliphatic rings. The van der Waals surface area contributed by atoms with Crippen molar-refractivity contribution in [1.82, 2.24) is 24.5 Å². The van der Waals surface area contributed by atoms with Crippen molar-refractivity contribution < 1.29 is 5.11 Å². The summed E-state index contributed by atoms with van der Waals surface area (Å²) < 4.78 is 2.23. The minimum atomic E-state index is -0.312. The molecule has 8 rings (SSSR count). The first-order chi connectivity index (χ1) is 26.0. The number of imidazole rings is 1. The van der Waals surface area contributed by atoms with E-state index in [0.717, 1.165) is 66.8 Å². The Morgan fingerprint density at radius 3 is 1.81 bits per heavy atom. The number of phenolic OH excluding ortho intramolecular Hbond substituents is 1. The van der Waals surface area contributed by atoms with Crippen LogP contribution in [0.5, 0.6) is 5.75 Å². The van der Waals surface area contributed by atoms with Gasteiger partial charge in [-0.3, -0.25) is 4.57 Å². The van der Waals surface area contributed by atoms with E-state index < -0.39 is 0 Å². The van der Waals surface area contributed by atoms with E-state index in [1.807, 2.05) is 24.3 Å². The molecule has 0 saturated heterocycles. The molecule has 0 radical (unpaired) electrons. The number of phenols is 1. The van der Waals surface area contributed by atoms with Gasteiger partial charge < -0.3 is 5.11 Å². The quantitative estimate of drug-likeness (QED) is 0.186. The normalized spacial score (nSPS) is 12.0. The van der Waals surface area contributed by atoms with E-state index in [1.165, 1.54) is 12.7 Å². The fourth-order valence-corrected chi connectivity index (χ4v) is 7.19. The highest BCUT2D eigenvalue weighted by Gasteiger charge is 2.29. The zero-order valence-corrected chi connectivity index (χ0v) is 31.5. The molecule has 0 spiro atoms. The molecule has 0 aliphatic carbocycles. The molecule has 6 aromatic carbocycles. The van der Waals surface area contributed by atoms with Crippen molar-refractivity contribution in [1.29, 1.82) is 0 Å². The summed E-state index contributed by atoms with van der Waals surface area (Å²) in [6.07, 6.45) is 3.06. The molecule has 0 unspecified atom stereocenters. The minimum absolute atomic E-state index is 0.171. The smallest absolute Gasteiger partial charge is 0.162 e. The summed E-state index contributed by atoms with van der Waals surface area (Å²) in [5.74, 6) is 1.51. The molecule has 2 heterocycles. The lowest BCUT2D eigenvalue weighted by molar-refractivity contribution is 0.446. The van der Waals surface area contributed by atoms with Crippen LogP contribution in [0, 0.1) is 0 Å². The third-order valence-corrected chi connectivity index (χ3v) is 10.0. The van der Waals surface area contributed by atoms with E-state index >= 15 is 0 Å². The molecule has 0 saturated carbocycles. The molecule has 1 N–H and O–H groups in total. The number of aromatic hydroxyl groups is 1. The van der Waals surface area contributed by atoms with Crippen LogP contribution in [0.4, 0.5) is 0 Å². The van der Waals surface area contributed by atoms with E-state index in [2.05, 4.69) is 170 Å². The lowest BCUT2D eigenvalue weighted by Crippen LogP contribution is -2.17. The highest BCUT2D eigenvalue weighted by Crippen LogP contribution is 2.45. The Labute approximate surface area is 316 Å². The second-order valence-corrected chi connectivity index (χ2v) is 15.9. The Morgan fingerprint density at radius 2 is 1.13 bits per heavy atom. The Bertz CT molecular complexity index is 2560. The molecule has 0 amide bonds. The maximum absolute atomic E-state index is 12.3. The van der Waals surface area contributed by atoms with E-state index in [0.29, 0.717) is 17.2 Å². The molecule has 54 heavy (non-hydrogen) atoms. The van der Waals surface area contributed by atoms with Gasteiger partial charge in [-0.25, -0.2) is 19.9 Å². The summed E-state index contributed by atoms with van der Waals surface area (Å²) in [6, 6.07) is 46.3. The van der Waals surface area contributed by atoms with Gasteiger partial charge in [0.05, 0.1) is 22.3 Å². The maximum Gasteiger partial charge on any atom is 0.162 e. The first kappa shape index (κ1) is 34.7. The second-order valence-electron chi connectivity index (χ2n) is 15.9. The van der Waals surface area contributed by atoms with Crippen LogP contribution in [0.15, 0.2) is 146 Å². The van der Waals surface area contributed by atoms with Crippen LogP contribution in [0.3, 0.4) is 0 Å². The molecule has 266 valence electrons. The van der Waals surface area contributed by atoms with Crippen LogP contribution in [0.2, 0.25) is 0 Å². The average Bonchev–Trinajstić information content (AvgIpc) is 3.57. The van der Waals surface area contributed by atoms with E-state index in [4.69, 9.17) is 4.98 Å². The number of hydrogen-bond donors (Lipinski definition) is 1. The Balaban J connectivity index is 1.47. The zero-order chi connectivity index (χ0) is 37.6. The van der Waals surface area contributed by atoms with Gasteiger partial charge in [0.15, 0.2) is 5.82 Å². The fourth-order valence-electron chi connectivity index (χ4n) is 7.19. The summed E-state index contributed by atoms with van der Waals surface area (Å²) >= 11 is 0. The molecule has 8 aromatic rings. The molecule has 2 aromatic heterocycles. The summed E-state index contributed by atoms with van der Waals surface area (Å²) in [4.78, 5) is 18.6. The van der Waals surface area contributed by atoms with Crippen LogP contribution >= 0.6 is 0 Å². The van der Waals surface area contributed by atoms with Gasteiger partial charge in [-0.2, -0.15) is 0 Å². The van der Waals surface area contributed by atoms with Gasteiger partial charge in [0.1, 0.15) is 24.2 Å². The number of benzene rings is 6. The van der Waals surface area contributed by atoms with Gasteiger partial charge in [-0.1, -0.05) is 139 Å². The van der Waals surface area contributed by atoms with E-state index in [-0.39, 0.29) is 16.6 Å². The van der Waals surface area contributed by atoms with Crippen LogP contribution in [-0.2, 0) is 10.8 Å². The third-order valence-electron chi connectivity index (χ3n) is 10.0. The second kappa shape index (κ2) is 13.5. The Kier molecular flexibility index (Phi) is 8.69. The maximum atomic E-state index is 12.3. The van der Waals surface area contributed by atoms with Crippen molar-refractivity contribution in [3.8, 4) is 67.6 Å². The van der Waals surface area contributed by atoms with E-state index in [9.17, 15) is 5.11 Å². The van der Waals surface area contributed by atoms with Crippen LogP contribution in [-0.4, -0.2) is 29.6 Å². The predicted molar refractivity (Wildman–Crippen MR) is 221 cm³/mol. The molecule has 0 atom stereocenters. The van der Waals surface area contributed by atoms with Crippen molar-refractivity contribution in [2.24, 2.45) is 0 Å². The SMILES string of the molecule is CC(C)(C)c1cc(-c2nc3c(-c4cc(-c5ccccc5)cc(-c5ncncn5)c4)cccc3n2-c2ccccc2-c2ccccc2)c(O)c(C(C)(C)C)c1. The Hall–Kier alpha value is -6.40. The molecule has 0 fully saturated rings. The molecule has 0 bridgehead atoms. The van der Waals surface area contributed by atoms with Crippen molar-refractivity contribution in [2.45, 2.75) is 52.4 Å². The van der Waals surface area contributed by atoms with Gasteiger partial charge >= 0.3 is 0 Å². The topological polar surface area (TPSA) is 76.7 Å². The summed E-state index contributed by atoms with van der Waals surface area (Å²) in [6.45, 7) is 13.1. The van der Waals surface area contributed by atoms with Gasteiger partial charge in [-0.05, 0) is 75.0 Å². The van der Waals surface area contributed by atoms with Crippen LogP contribution in [0.1, 0.15) is 52.7 Å². The lowest BCUT2D eigenvalue weighted by Gasteiger charge is -2.27. The highest BCUT2D eigenvalue weighted by atomic mass is 16.3. The fraction of sp³-hybridized carbons (Fsp3) is 0.167. The van der Waals surface area contributed by atoms with Crippen molar-refractivity contribution >= 4 is 11.0 Å². The number of nitrogens with zero attached hydrogens (tertiary/aromatic N) is 5. The Morgan fingerprint density at radius 1 is 0.519 bits per heavy atom. The van der Waals surface area contributed by atoms with Crippen LogP contribution < -0.4 is 0 Å². The molecular formula is C48H43N5O. The molecular weight excluding hydrogens is 663 g/mol. The number of para-hydroxylation sites is 2. The van der Waals surface area contributed by atoms with Gasteiger partial charge in [0.25, 0.3) is 0 Å². The average molecular weight is 706 g/mol. The number of fused-ring (bicyclic) bond motifs is 1. The highest BCUT2D eigenvalue weighted by molar-refractivity contribution is 5.98. The predicted octanol–water partition coefficient (Wildman–Crippen LogP) is 11.8. The van der Waals surface area contributed by atoms with Gasteiger partial charge in [0, 0.05) is 22.3 Å². The summed E-state index contributed by atoms with van der Waals surface area (Å²) in [7, 11) is 0. The first-order valence-electron chi connectivity index (χ1n) is 18.4. The van der Waals surface area contributed by atoms with Gasteiger partial charge in [0.2, 0.25) is 0 Å². The number of rotatable bonds is 6. The van der Waals surface area contributed by atoms with Crippen molar-refractivity contribution in [3.63, 3.8) is 0 Å². The van der Waals surface area contributed by atoms with Crippen LogP contribution in [0.25, 0.3) is 72.9 Å². The molecule has 0 aliphatic heterocycles.